The Balaban J connectivity index is 1.31. The van der Waals surface area contributed by atoms with Crippen LogP contribution in [0.3, 0.4) is 0 Å². The Morgan fingerprint density at radius 2 is 1.62 bits per heavy atom. The van der Waals surface area contributed by atoms with Crippen LogP contribution in [0, 0.1) is 0 Å². The number of hydrazone groups is 1. The Morgan fingerprint density at radius 1 is 0.846 bits per heavy atom. The lowest BCUT2D eigenvalue weighted by Gasteiger charge is -2.13. The average molecular weight is 529 g/mol. The highest BCUT2D eigenvalue weighted by atomic mass is 16.5. The molecule has 0 saturated carbocycles. The van der Waals surface area contributed by atoms with Gasteiger partial charge in [-0.3, -0.25) is 14.6 Å². The van der Waals surface area contributed by atoms with Crippen molar-refractivity contribution in [3.63, 3.8) is 0 Å². The number of hydrogen-bond acceptors (Lipinski definition) is 8. The molecule has 0 aliphatic carbocycles. The molecule has 0 unspecified atom stereocenters. The molecule has 0 aliphatic rings. The number of carbonyl (C=O) groups excluding carboxylic acids is 2. The Morgan fingerprint density at radius 3 is 2.46 bits per heavy atom. The lowest BCUT2D eigenvalue weighted by Crippen LogP contribution is -2.24. The van der Waals surface area contributed by atoms with Crippen molar-refractivity contribution in [2.75, 3.05) is 32.2 Å². The average Bonchev–Trinajstić information content (AvgIpc) is 2.96. The van der Waals surface area contributed by atoms with Gasteiger partial charge in [-0.25, -0.2) is 5.43 Å². The topological polar surface area (TPSA) is 120 Å². The smallest absolute Gasteiger partial charge is 0.277 e. The lowest BCUT2D eigenvalue weighted by molar-refractivity contribution is -0.123. The van der Waals surface area contributed by atoms with E-state index in [0.29, 0.717) is 46.4 Å². The van der Waals surface area contributed by atoms with Gasteiger partial charge in [0, 0.05) is 11.6 Å². The fourth-order valence-corrected chi connectivity index (χ4v) is 3.62. The second kappa shape index (κ2) is 13.4. The van der Waals surface area contributed by atoms with E-state index < -0.39 is 5.91 Å². The summed E-state index contributed by atoms with van der Waals surface area (Å²) in [6.45, 7) is 1.78. The van der Waals surface area contributed by atoms with Crippen LogP contribution in [0.4, 0.5) is 5.69 Å². The Labute approximate surface area is 225 Å². The molecular weight excluding hydrogens is 500 g/mol. The number of ether oxygens (including phenoxy) is 4. The van der Waals surface area contributed by atoms with Gasteiger partial charge in [-0.1, -0.05) is 30.3 Å². The van der Waals surface area contributed by atoms with Crippen molar-refractivity contribution in [1.29, 1.82) is 0 Å². The second-order valence-corrected chi connectivity index (χ2v) is 8.09. The van der Waals surface area contributed by atoms with E-state index in [-0.39, 0.29) is 19.1 Å². The van der Waals surface area contributed by atoms with Gasteiger partial charge in [-0.15, -0.1) is 0 Å². The third kappa shape index (κ3) is 7.45. The molecular formula is C29H28N4O6. The minimum atomic E-state index is -0.426. The molecule has 39 heavy (non-hydrogen) atoms. The predicted molar refractivity (Wildman–Crippen MR) is 148 cm³/mol. The number of hydrogen-bond donors (Lipinski definition) is 2. The fraction of sp³-hybridized carbons (Fsp3) is 0.172. The van der Waals surface area contributed by atoms with E-state index in [1.165, 1.54) is 13.3 Å². The van der Waals surface area contributed by atoms with Crippen LogP contribution in [0.15, 0.2) is 84.1 Å². The minimum Gasteiger partial charge on any atom is -0.495 e. The normalized spacial score (nSPS) is 10.7. The largest absolute Gasteiger partial charge is 0.495 e. The highest BCUT2D eigenvalue weighted by Gasteiger charge is 2.11. The minimum absolute atomic E-state index is 0.221. The molecule has 4 rings (SSSR count). The van der Waals surface area contributed by atoms with Gasteiger partial charge in [-0.2, -0.15) is 5.10 Å². The number of pyridine rings is 1. The van der Waals surface area contributed by atoms with Crippen molar-refractivity contribution >= 4 is 34.6 Å². The van der Waals surface area contributed by atoms with E-state index in [0.717, 1.165) is 5.39 Å². The standard InChI is InChI=1S/C29H28N4O6/c1-3-37-26-16-20(13-14-24(26)38-18-27(34)32-22-10-4-5-11-23(22)36-2)17-31-33-28(35)19-39-25-12-6-8-21-9-7-15-30-29(21)25/h4-17H,3,18-19H2,1-2H3,(H,32,34)(H,33,35)/b31-17-. The van der Waals surface area contributed by atoms with Crippen molar-refractivity contribution in [2.45, 2.75) is 6.92 Å². The summed E-state index contributed by atoms with van der Waals surface area (Å²) in [5, 5.41) is 7.67. The first-order valence-electron chi connectivity index (χ1n) is 12.2. The molecule has 0 radical (unpaired) electrons. The van der Waals surface area contributed by atoms with E-state index in [4.69, 9.17) is 18.9 Å². The number of rotatable bonds is 12. The number of amides is 2. The summed E-state index contributed by atoms with van der Waals surface area (Å²) in [7, 11) is 1.53. The van der Waals surface area contributed by atoms with Crippen LogP contribution < -0.4 is 29.7 Å². The molecule has 4 aromatic rings. The van der Waals surface area contributed by atoms with Crippen LogP contribution in [0.5, 0.6) is 23.0 Å². The van der Waals surface area contributed by atoms with E-state index in [2.05, 4.69) is 20.8 Å². The molecule has 0 atom stereocenters. The Bertz CT molecular complexity index is 1470. The summed E-state index contributed by atoms with van der Waals surface area (Å²) < 4.78 is 22.2. The van der Waals surface area contributed by atoms with Gasteiger partial charge in [-0.05, 0) is 55.0 Å². The van der Waals surface area contributed by atoms with Gasteiger partial charge < -0.3 is 24.3 Å². The number of carbonyl (C=O) groups is 2. The second-order valence-electron chi connectivity index (χ2n) is 8.09. The Kier molecular flexibility index (Phi) is 9.27. The predicted octanol–water partition coefficient (Wildman–Crippen LogP) is 4.19. The fourth-order valence-electron chi connectivity index (χ4n) is 3.62. The summed E-state index contributed by atoms with van der Waals surface area (Å²) in [6.07, 6.45) is 3.14. The van der Waals surface area contributed by atoms with Crippen molar-refractivity contribution in [1.82, 2.24) is 10.4 Å². The third-order valence-corrected chi connectivity index (χ3v) is 5.36. The van der Waals surface area contributed by atoms with Gasteiger partial charge in [0.05, 0.1) is 25.6 Å². The molecule has 10 heteroatoms. The highest BCUT2D eigenvalue weighted by molar-refractivity contribution is 5.93. The first kappa shape index (κ1) is 26.9. The number of nitrogens with one attached hydrogen (secondary N) is 2. The van der Waals surface area contributed by atoms with Crippen molar-refractivity contribution in [3.8, 4) is 23.0 Å². The molecule has 0 bridgehead atoms. The van der Waals surface area contributed by atoms with Crippen LogP contribution in [-0.4, -0.2) is 49.9 Å². The number of methoxy groups -OCH3 is 1. The monoisotopic (exact) mass is 528 g/mol. The van der Waals surface area contributed by atoms with E-state index in [1.54, 1.807) is 48.7 Å². The highest BCUT2D eigenvalue weighted by Crippen LogP contribution is 2.28. The molecule has 2 N–H and O–H groups in total. The van der Waals surface area contributed by atoms with Crippen molar-refractivity contribution < 1.29 is 28.5 Å². The van der Waals surface area contributed by atoms with Crippen molar-refractivity contribution in [3.05, 3.63) is 84.6 Å². The quantitative estimate of drug-likeness (QED) is 0.209. The number of anilines is 1. The number of fused-ring (bicyclic) bond motifs is 1. The molecule has 0 fully saturated rings. The first-order chi connectivity index (χ1) is 19.1. The number of nitrogens with zero attached hydrogens (tertiary/aromatic N) is 2. The van der Waals surface area contributed by atoms with Crippen LogP contribution in [-0.2, 0) is 9.59 Å². The zero-order chi connectivity index (χ0) is 27.5. The molecule has 2 amide bonds. The third-order valence-electron chi connectivity index (χ3n) is 5.36. The summed E-state index contributed by atoms with van der Waals surface area (Å²) in [5.74, 6) is 1.12. The SMILES string of the molecule is CCOc1cc(/C=N\NC(=O)COc2cccc3cccnc23)ccc1OCC(=O)Nc1ccccc1OC. The maximum atomic E-state index is 12.4. The summed E-state index contributed by atoms with van der Waals surface area (Å²) >= 11 is 0. The summed E-state index contributed by atoms with van der Waals surface area (Å²) in [4.78, 5) is 28.9. The molecule has 0 aliphatic heterocycles. The molecule has 200 valence electrons. The summed E-state index contributed by atoms with van der Waals surface area (Å²) in [6, 6.07) is 21.5. The van der Waals surface area contributed by atoms with Gasteiger partial charge >= 0.3 is 0 Å². The van der Waals surface area contributed by atoms with Gasteiger partial charge in [0.2, 0.25) is 0 Å². The van der Waals surface area contributed by atoms with Gasteiger partial charge in [0.1, 0.15) is 17.0 Å². The van der Waals surface area contributed by atoms with Crippen molar-refractivity contribution in [2.24, 2.45) is 5.10 Å². The number of aromatic nitrogens is 1. The van der Waals surface area contributed by atoms with Crippen LogP contribution in [0.25, 0.3) is 10.9 Å². The molecule has 10 nitrogen and oxygen atoms in total. The maximum Gasteiger partial charge on any atom is 0.277 e. The van der Waals surface area contributed by atoms with E-state index in [9.17, 15) is 9.59 Å². The molecule has 1 heterocycles. The van der Waals surface area contributed by atoms with Crippen LogP contribution in [0.2, 0.25) is 0 Å². The first-order valence-corrected chi connectivity index (χ1v) is 12.2. The van der Waals surface area contributed by atoms with E-state index >= 15 is 0 Å². The molecule has 1 aromatic heterocycles. The number of para-hydroxylation sites is 3. The molecule has 0 spiro atoms. The molecule has 3 aromatic carbocycles. The number of benzene rings is 3. The Hall–Kier alpha value is -5.12. The van der Waals surface area contributed by atoms with Crippen LogP contribution in [0.1, 0.15) is 12.5 Å². The summed E-state index contributed by atoms with van der Waals surface area (Å²) in [5.41, 5.74) is 4.32. The van der Waals surface area contributed by atoms with E-state index in [1.807, 2.05) is 37.3 Å². The van der Waals surface area contributed by atoms with Gasteiger partial charge in [0.25, 0.3) is 11.8 Å². The lowest BCUT2D eigenvalue weighted by atomic mass is 10.2. The maximum absolute atomic E-state index is 12.4. The zero-order valence-corrected chi connectivity index (χ0v) is 21.5. The molecule has 0 saturated heterocycles. The van der Waals surface area contributed by atoms with Crippen LogP contribution >= 0.6 is 0 Å². The van der Waals surface area contributed by atoms with Gasteiger partial charge in [0.15, 0.2) is 24.7 Å². The zero-order valence-electron chi connectivity index (χ0n) is 21.5.